The second-order valence-corrected chi connectivity index (χ2v) is 5.35. The lowest BCUT2D eigenvalue weighted by Crippen LogP contribution is -2.37. The predicted octanol–water partition coefficient (Wildman–Crippen LogP) is 2.87. The Morgan fingerprint density at radius 2 is 1.68 bits per heavy atom. The number of benzene rings is 1. The smallest absolute Gasteiger partial charge is 0.231 e. The molecule has 0 heterocycles. The van der Waals surface area contributed by atoms with Gasteiger partial charge in [0.15, 0.2) is 0 Å². The highest BCUT2D eigenvalue weighted by molar-refractivity contribution is 5.96. The summed E-state index contributed by atoms with van der Waals surface area (Å²) in [5, 5.41) is 0. The van der Waals surface area contributed by atoms with Crippen molar-refractivity contribution in [1.29, 1.82) is 0 Å². The molecule has 0 aliphatic carbocycles. The molecule has 0 saturated heterocycles. The standard InChI is InChI=1S/C16H26N2O/c1-7-14(9-17)16(19)18(6)15-12(4)10(2)8-11(3)13(15)5/h8,14H,7,9,17H2,1-6H3. The van der Waals surface area contributed by atoms with E-state index in [4.69, 9.17) is 5.73 Å². The molecule has 0 aliphatic rings. The van der Waals surface area contributed by atoms with Crippen LogP contribution in [0.1, 0.15) is 35.6 Å². The highest BCUT2D eigenvalue weighted by Gasteiger charge is 2.23. The molecular weight excluding hydrogens is 236 g/mol. The van der Waals surface area contributed by atoms with Crippen molar-refractivity contribution in [1.82, 2.24) is 0 Å². The Kier molecular flexibility index (Phi) is 5.12. The lowest BCUT2D eigenvalue weighted by Gasteiger charge is -2.27. The van der Waals surface area contributed by atoms with Gasteiger partial charge in [-0.15, -0.1) is 0 Å². The van der Waals surface area contributed by atoms with E-state index in [2.05, 4.69) is 33.8 Å². The monoisotopic (exact) mass is 262 g/mol. The van der Waals surface area contributed by atoms with Gasteiger partial charge in [0, 0.05) is 19.3 Å². The van der Waals surface area contributed by atoms with Crippen molar-refractivity contribution in [2.45, 2.75) is 41.0 Å². The van der Waals surface area contributed by atoms with E-state index < -0.39 is 0 Å². The number of hydrogen-bond acceptors (Lipinski definition) is 2. The van der Waals surface area contributed by atoms with Crippen LogP contribution >= 0.6 is 0 Å². The summed E-state index contributed by atoms with van der Waals surface area (Å²) in [6.07, 6.45) is 0.780. The molecule has 0 bridgehead atoms. The minimum Gasteiger partial charge on any atom is -0.330 e. The second-order valence-electron chi connectivity index (χ2n) is 5.35. The second kappa shape index (κ2) is 6.20. The Morgan fingerprint density at radius 3 is 2.05 bits per heavy atom. The minimum atomic E-state index is -0.0929. The van der Waals surface area contributed by atoms with Gasteiger partial charge in [0.25, 0.3) is 0 Å². The molecule has 1 rings (SSSR count). The van der Waals surface area contributed by atoms with E-state index in [-0.39, 0.29) is 11.8 Å². The van der Waals surface area contributed by atoms with E-state index in [0.29, 0.717) is 6.54 Å². The zero-order valence-electron chi connectivity index (χ0n) is 13.0. The zero-order chi connectivity index (χ0) is 14.7. The summed E-state index contributed by atoms with van der Waals surface area (Å²) in [5.41, 5.74) is 11.5. The molecule has 3 heteroatoms. The molecule has 1 amide bonds. The minimum absolute atomic E-state index is 0.0929. The summed E-state index contributed by atoms with van der Waals surface area (Å²) < 4.78 is 0. The van der Waals surface area contributed by atoms with Crippen molar-refractivity contribution in [2.75, 3.05) is 18.5 Å². The third-order valence-electron chi connectivity index (χ3n) is 4.12. The van der Waals surface area contributed by atoms with Crippen LogP contribution in [0.3, 0.4) is 0 Å². The van der Waals surface area contributed by atoms with Gasteiger partial charge < -0.3 is 10.6 Å². The number of carbonyl (C=O) groups is 1. The first kappa shape index (κ1) is 15.7. The van der Waals surface area contributed by atoms with Crippen LogP contribution in [-0.2, 0) is 4.79 Å². The number of rotatable bonds is 4. The molecule has 0 fully saturated rings. The van der Waals surface area contributed by atoms with Crippen molar-refractivity contribution in [3.8, 4) is 0 Å². The first-order chi connectivity index (χ1) is 8.84. The molecule has 0 spiro atoms. The Labute approximate surface area is 116 Å². The normalized spacial score (nSPS) is 12.4. The molecule has 0 saturated carbocycles. The lowest BCUT2D eigenvalue weighted by atomic mass is 9.96. The fourth-order valence-electron chi connectivity index (χ4n) is 2.53. The molecule has 0 aromatic heterocycles. The van der Waals surface area contributed by atoms with Crippen molar-refractivity contribution >= 4 is 11.6 Å². The van der Waals surface area contributed by atoms with Gasteiger partial charge in [-0.05, 0) is 56.4 Å². The number of hydrogen-bond donors (Lipinski definition) is 1. The molecule has 2 N–H and O–H groups in total. The third-order valence-corrected chi connectivity index (χ3v) is 4.12. The highest BCUT2D eigenvalue weighted by Crippen LogP contribution is 2.30. The number of amides is 1. The van der Waals surface area contributed by atoms with Gasteiger partial charge >= 0.3 is 0 Å². The third kappa shape index (κ3) is 2.98. The van der Waals surface area contributed by atoms with Crippen LogP contribution in [-0.4, -0.2) is 19.5 Å². The maximum atomic E-state index is 12.5. The summed E-state index contributed by atoms with van der Waals surface area (Å²) in [6, 6.07) is 2.17. The molecule has 1 aromatic rings. The Morgan fingerprint density at radius 1 is 1.21 bits per heavy atom. The van der Waals surface area contributed by atoms with Crippen molar-refractivity contribution in [3.05, 3.63) is 28.3 Å². The Balaban J connectivity index is 3.26. The van der Waals surface area contributed by atoms with Crippen LogP contribution in [0.5, 0.6) is 0 Å². The number of carbonyl (C=O) groups excluding carboxylic acids is 1. The van der Waals surface area contributed by atoms with Crippen LogP contribution in [0.25, 0.3) is 0 Å². The molecule has 0 aliphatic heterocycles. The van der Waals surface area contributed by atoms with Crippen LogP contribution < -0.4 is 10.6 Å². The highest BCUT2D eigenvalue weighted by atomic mass is 16.2. The summed E-state index contributed by atoms with van der Waals surface area (Å²) in [7, 11) is 1.86. The number of nitrogens with two attached hydrogens (primary N) is 1. The summed E-state index contributed by atoms with van der Waals surface area (Å²) in [5.74, 6) is 0.0193. The fraction of sp³-hybridized carbons (Fsp3) is 0.562. The molecule has 0 radical (unpaired) electrons. The number of anilines is 1. The van der Waals surface area contributed by atoms with Crippen LogP contribution in [0.15, 0.2) is 6.07 Å². The van der Waals surface area contributed by atoms with Gasteiger partial charge in [-0.3, -0.25) is 4.79 Å². The quantitative estimate of drug-likeness (QED) is 0.907. The van der Waals surface area contributed by atoms with E-state index in [1.807, 2.05) is 14.0 Å². The van der Waals surface area contributed by atoms with Crippen molar-refractivity contribution in [3.63, 3.8) is 0 Å². The van der Waals surface area contributed by atoms with Gasteiger partial charge in [0.05, 0.1) is 5.92 Å². The van der Waals surface area contributed by atoms with Gasteiger partial charge in [0.1, 0.15) is 0 Å². The zero-order valence-corrected chi connectivity index (χ0v) is 13.0. The molecule has 3 nitrogen and oxygen atoms in total. The van der Waals surface area contributed by atoms with Crippen LogP contribution in [0, 0.1) is 33.6 Å². The summed E-state index contributed by atoms with van der Waals surface area (Å²) >= 11 is 0. The van der Waals surface area contributed by atoms with Gasteiger partial charge in [-0.25, -0.2) is 0 Å². The molecule has 1 unspecified atom stereocenters. The predicted molar refractivity (Wildman–Crippen MR) is 81.6 cm³/mol. The van der Waals surface area contributed by atoms with Crippen LogP contribution in [0.2, 0.25) is 0 Å². The average molecular weight is 262 g/mol. The van der Waals surface area contributed by atoms with E-state index in [1.54, 1.807) is 4.90 Å². The number of nitrogens with zero attached hydrogens (tertiary/aromatic N) is 1. The van der Waals surface area contributed by atoms with Crippen molar-refractivity contribution < 1.29 is 4.79 Å². The largest absolute Gasteiger partial charge is 0.330 e. The fourth-order valence-corrected chi connectivity index (χ4v) is 2.53. The maximum Gasteiger partial charge on any atom is 0.231 e. The maximum absolute atomic E-state index is 12.5. The first-order valence-corrected chi connectivity index (χ1v) is 6.90. The Bertz CT molecular complexity index is 450. The van der Waals surface area contributed by atoms with Gasteiger partial charge in [-0.1, -0.05) is 13.0 Å². The average Bonchev–Trinajstić information content (AvgIpc) is 2.37. The van der Waals surface area contributed by atoms with E-state index in [1.165, 1.54) is 22.3 Å². The van der Waals surface area contributed by atoms with Gasteiger partial charge in [-0.2, -0.15) is 0 Å². The topological polar surface area (TPSA) is 46.3 Å². The molecule has 106 valence electrons. The first-order valence-electron chi connectivity index (χ1n) is 6.90. The lowest BCUT2D eigenvalue weighted by molar-refractivity contribution is -0.121. The SMILES string of the molecule is CCC(CN)C(=O)N(C)c1c(C)c(C)cc(C)c1C. The molecule has 19 heavy (non-hydrogen) atoms. The Hall–Kier alpha value is -1.35. The molecule has 1 aromatic carbocycles. The summed E-state index contributed by atoms with van der Waals surface area (Å²) in [4.78, 5) is 14.3. The van der Waals surface area contributed by atoms with Gasteiger partial charge in [0.2, 0.25) is 5.91 Å². The summed E-state index contributed by atoms with van der Waals surface area (Å²) in [6.45, 7) is 10.7. The van der Waals surface area contributed by atoms with E-state index in [0.717, 1.165) is 12.1 Å². The number of aryl methyl sites for hydroxylation is 2. The molecular formula is C16H26N2O. The van der Waals surface area contributed by atoms with Crippen molar-refractivity contribution in [2.24, 2.45) is 11.7 Å². The van der Waals surface area contributed by atoms with E-state index in [9.17, 15) is 4.79 Å². The molecule has 1 atom stereocenters. The van der Waals surface area contributed by atoms with Crippen LogP contribution in [0.4, 0.5) is 5.69 Å². The van der Waals surface area contributed by atoms with E-state index >= 15 is 0 Å².